The van der Waals surface area contributed by atoms with Crippen molar-refractivity contribution < 1.29 is 29.0 Å². The van der Waals surface area contributed by atoms with Crippen molar-refractivity contribution in [2.24, 2.45) is 5.73 Å². The van der Waals surface area contributed by atoms with Crippen LogP contribution in [0, 0.1) is 0 Å². The van der Waals surface area contributed by atoms with Crippen LogP contribution in [0.5, 0.6) is 11.5 Å². The number of nitrogens with two attached hydrogens (primary N) is 1. The Morgan fingerprint density at radius 1 is 1.24 bits per heavy atom. The average Bonchev–Trinajstić information content (AvgIpc) is 3.05. The molecule has 0 aromatic heterocycles. The number of benzene rings is 1. The fourth-order valence-electron chi connectivity index (χ4n) is 3.56. The Balaban J connectivity index is 2.12. The Bertz CT molecular complexity index is 949. The highest BCUT2D eigenvalue weighted by molar-refractivity contribution is 8.26. The molecule has 0 spiro atoms. The molecule has 2 atom stereocenters. The maximum absolute atomic E-state index is 12.9. The highest BCUT2D eigenvalue weighted by Gasteiger charge is 2.41. The number of carboxylic acid groups (broad SMARTS) is 1. The summed E-state index contributed by atoms with van der Waals surface area (Å²) in [5.74, 6) is -1.63. The van der Waals surface area contributed by atoms with Gasteiger partial charge in [-0.2, -0.15) is 0 Å². The molecule has 0 aliphatic carbocycles. The van der Waals surface area contributed by atoms with Crippen LogP contribution in [0.4, 0.5) is 0 Å². The molecular weight excluding hydrogens is 476 g/mol. The molecule has 1 aromatic carbocycles. The van der Waals surface area contributed by atoms with Crippen LogP contribution < -0.4 is 15.2 Å². The van der Waals surface area contributed by atoms with Gasteiger partial charge in [0.25, 0.3) is 5.91 Å². The Morgan fingerprint density at radius 3 is 2.56 bits per heavy atom. The molecule has 1 aromatic rings. The lowest BCUT2D eigenvalue weighted by molar-refractivity contribution is -0.146. The van der Waals surface area contributed by atoms with Gasteiger partial charge in [0, 0.05) is 0 Å². The number of hydrogen-bond donors (Lipinski definition) is 2. The van der Waals surface area contributed by atoms with Crippen molar-refractivity contribution in [3.05, 3.63) is 28.7 Å². The molecule has 1 aliphatic rings. The minimum Gasteiger partial charge on any atom is -0.493 e. The van der Waals surface area contributed by atoms with E-state index >= 15 is 0 Å². The molecule has 34 heavy (non-hydrogen) atoms. The second-order valence-corrected chi connectivity index (χ2v) is 9.79. The van der Waals surface area contributed by atoms with Gasteiger partial charge in [0.1, 0.15) is 10.4 Å². The summed E-state index contributed by atoms with van der Waals surface area (Å²) < 4.78 is 11.6. The molecule has 10 heteroatoms. The zero-order chi connectivity index (χ0) is 25.3. The van der Waals surface area contributed by atoms with Crippen molar-refractivity contribution in [1.29, 1.82) is 0 Å². The van der Waals surface area contributed by atoms with Gasteiger partial charge in [-0.1, -0.05) is 62.7 Å². The summed E-state index contributed by atoms with van der Waals surface area (Å²) in [4.78, 5) is 36.9. The van der Waals surface area contributed by atoms with Crippen LogP contribution in [0.25, 0.3) is 6.08 Å². The second-order valence-electron chi connectivity index (χ2n) is 8.12. The molecule has 1 heterocycles. The molecular formula is C24H32N2O6S2. The van der Waals surface area contributed by atoms with E-state index in [1.165, 1.54) is 25.7 Å². The smallest absolute Gasteiger partial charge is 0.327 e. The molecule has 3 N–H and O–H groups in total. The summed E-state index contributed by atoms with van der Waals surface area (Å²) in [7, 11) is 1.54. The lowest BCUT2D eigenvalue weighted by Crippen LogP contribution is -2.46. The third kappa shape index (κ3) is 7.73. The lowest BCUT2D eigenvalue weighted by atomic mass is 10.1. The Labute approximate surface area is 209 Å². The molecule has 0 bridgehead atoms. The predicted octanol–water partition coefficient (Wildman–Crippen LogP) is 4.35. The zero-order valence-electron chi connectivity index (χ0n) is 19.7. The summed E-state index contributed by atoms with van der Waals surface area (Å²) in [6, 6.07) is 3.88. The van der Waals surface area contributed by atoms with Gasteiger partial charge in [-0.15, -0.1) is 0 Å². The minimum absolute atomic E-state index is 0.0378. The van der Waals surface area contributed by atoms with E-state index < -0.39 is 30.2 Å². The molecule has 8 nitrogen and oxygen atoms in total. The number of carbonyl (C=O) groups excluding carboxylic acids is 2. The van der Waals surface area contributed by atoms with E-state index in [0.717, 1.165) is 29.5 Å². The van der Waals surface area contributed by atoms with Gasteiger partial charge in [0.05, 0.1) is 24.5 Å². The van der Waals surface area contributed by atoms with Crippen molar-refractivity contribution in [3.63, 3.8) is 0 Å². The quantitative estimate of drug-likeness (QED) is 0.216. The summed E-state index contributed by atoms with van der Waals surface area (Å²) in [5, 5.41) is 9.44. The van der Waals surface area contributed by atoms with Crippen LogP contribution in [0.2, 0.25) is 0 Å². The molecule has 1 saturated heterocycles. The molecule has 2 unspecified atom stereocenters. The first-order chi connectivity index (χ1) is 16.2. The topological polar surface area (TPSA) is 119 Å². The maximum atomic E-state index is 12.9. The molecule has 0 saturated carbocycles. The average molecular weight is 509 g/mol. The van der Waals surface area contributed by atoms with E-state index in [1.807, 2.05) is 6.92 Å². The highest BCUT2D eigenvalue weighted by Crippen LogP contribution is 2.36. The van der Waals surface area contributed by atoms with E-state index in [4.69, 9.17) is 27.4 Å². The van der Waals surface area contributed by atoms with Crippen LogP contribution in [-0.2, 0) is 14.4 Å². The fourth-order valence-corrected chi connectivity index (χ4v) is 4.92. The first-order valence-corrected chi connectivity index (χ1v) is 12.5. The third-order valence-electron chi connectivity index (χ3n) is 5.34. The molecule has 1 fully saturated rings. The van der Waals surface area contributed by atoms with E-state index in [9.17, 15) is 19.5 Å². The zero-order valence-corrected chi connectivity index (χ0v) is 21.4. The van der Waals surface area contributed by atoms with Crippen molar-refractivity contribution in [3.8, 4) is 11.5 Å². The highest BCUT2D eigenvalue weighted by atomic mass is 32.2. The van der Waals surface area contributed by atoms with E-state index in [2.05, 4.69) is 6.92 Å². The second kappa shape index (κ2) is 13.3. The van der Waals surface area contributed by atoms with Gasteiger partial charge in [-0.05, 0) is 43.5 Å². The van der Waals surface area contributed by atoms with Gasteiger partial charge in [-0.3, -0.25) is 14.5 Å². The number of carbonyl (C=O) groups is 3. The number of nitrogens with zero attached hydrogens (tertiary/aromatic N) is 1. The first kappa shape index (κ1) is 27.7. The number of rotatable bonds is 14. The molecule has 2 amide bonds. The van der Waals surface area contributed by atoms with Gasteiger partial charge in [-0.25, -0.2) is 4.79 Å². The number of thiocarbonyl (C=S) groups is 1. The van der Waals surface area contributed by atoms with Gasteiger partial charge >= 0.3 is 5.97 Å². The Kier molecular flexibility index (Phi) is 10.8. The minimum atomic E-state index is -1.44. The standard InChI is InChI=1S/C24H32N2O6S2/c1-4-5-6-7-8-9-15(2)32-18-11-10-16(12-19(18)31-3)13-20-22(28)26(24(33)34-20)17(23(29)30)14-21(25)27/h10-13,15,17H,4-9,14H2,1-3H3,(H2,25,27)(H,29,30)/b20-13+. The Morgan fingerprint density at radius 2 is 1.94 bits per heavy atom. The van der Waals surface area contributed by atoms with Crippen molar-refractivity contribution in [2.45, 2.75) is 70.9 Å². The third-order valence-corrected chi connectivity index (χ3v) is 6.67. The molecule has 0 radical (unpaired) electrons. The van der Waals surface area contributed by atoms with E-state index in [0.29, 0.717) is 17.1 Å². The van der Waals surface area contributed by atoms with Crippen LogP contribution in [0.1, 0.15) is 64.4 Å². The first-order valence-electron chi connectivity index (χ1n) is 11.3. The van der Waals surface area contributed by atoms with Crippen LogP contribution in [-0.4, -0.2) is 51.4 Å². The summed E-state index contributed by atoms with van der Waals surface area (Å²) in [6.45, 7) is 4.23. The van der Waals surface area contributed by atoms with E-state index in [1.54, 1.807) is 31.4 Å². The maximum Gasteiger partial charge on any atom is 0.327 e. The van der Waals surface area contributed by atoms with Crippen LogP contribution in [0.15, 0.2) is 23.1 Å². The summed E-state index contributed by atoms with van der Waals surface area (Å²) in [6.07, 6.45) is 8.08. The normalized spacial score (nSPS) is 16.6. The molecule has 1 aliphatic heterocycles. The number of aliphatic carboxylic acids is 1. The van der Waals surface area contributed by atoms with Gasteiger partial charge in [0.2, 0.25) is 5.91 Å². The monoisotopic (exact) mass is 508 g/mol. The van der Waals surface area contributed by atoms with Gasteiger partial charge in [0.15, 0.2) is 11.5 Å². The van der Waals surface area contributed by atoms with Crippen molar-refractivity contribution in [2.75, 3.05) is 7.11 Å². The molecule has 186 valence electrons. The number of carboxylic acids is 1. The van der Waals surface area contributed by atoms with Gasteiger partial charge < -0.3 is 20.3 Å². The van der Waals surface area contributed by atoms with Crippen LogP contribution in [0.3, 0.4) is 0 Å². The largest absolute Gasteiger partial charge is 0.493 e. The number of primary amides is 1. The number of amides is 2. The SMILES string of the molecule is CCCCCCCC(C)Oc1ccc(/C=C2/SC(=S)N(C(CC(N)=O)C(=O)O)C2=O)cc1OC. The number of unbranched alkanes of at least 4 members (excludes halogenated alkanes) is 4. The fraction of sp³-hybridized carbons (Fsp3) is 0.500. The summed E-state index contributed by atoms with van der Waals surface area (Å²) in [5.41, 5.74) is 5.81. The number of ether oxygens (including phenoxy) is 2. The van der Waals surface area contributed by atoms with Crippen molar-refractivity contribution >= 4 is 52.2 Å². The van der Waals surface area contributed by atoms with Crippen LogP contribution >= 0.6 is 24.0 Å². The predicted molar refractivity (Wildman–Crippen MR) is 137 cm³/mol. The molecule has 2 rings (SSSR count). The Hall–Kier alpha value is -2.59. The van der Waals surface area contributed by atoms with E-state index in [-0.39, 0.29) is 15.3 Å². The number of hydrogen-bond acceptors (Lipinski definition) is 7. The number of thioether (sulfide) groups is 1. The number of methoxy groups -OCH3 is 1. The lowest BCUT2D eigenvalue weighted by Gasteiger charge is -2.21. The summed E-state index contributed by atoms with van der Waals surface area (Å²) >= 11 is 6.17. The van der Waals surface area contributed by atoms with Crippen molar-refractivity contribution in [1.82, 2.24) is 4.90 Å².